The van der Waals surface area contributed by atoms with E-state index in [0.717, 1.165) is 30.7 Å². The summed E-state index contributed by atoms with van der Waals surface area (Å²) < 4.78 is 1.74. The van der Waals surface area contributed by atoms with E-state index in [9.17, 15) is 4.79 Å². The SMILES string of the molecule is C=NCn1cc(C)cn1.CN/C=C(\C)C(=O)NCC1CC1.CO. The average molecular weight is 323 g/mol. The Hall–Kier alpha value is -2.15. The number of aliphatic hydroxyl groups is 1. The van der Waals surface area contributed by atoms with Gasteiger partial charge in [-0.05, 0) is 44.9 Å². The number of nitrogens with zero attached hydrogens (tertiary/aromatic N) is 3. The van der Waals surface area contributed by atoms with Gasteiger partial charge in [0.1, 0.15) is 6.67 Å². The summed E-state index contributed by atoms with van der Waals surface area (Å²) in [5, 5.41) is 16.7. The second kappa shape index (κ2) is 12.4. The van der Waals surface area contributed by atoms with Crippen molar-refractivity contribution in [2.75, 3.05) is 20.7 Å². The topological polar surface area (TPSA) is 91.5 Å². The van der Waals surface area contributed by atoms with E-state index in [0.29, 0.717) is 6.67 Å². The summed E-state index contributed by atoms with van der Waals surface area (Å²) in [4.78, 5) is 14.9. The third-order valence-electron chi connectivity index (χ3n) is 2.97. The molecule has 1 saturated carbocycles. The third kappa shape index (κ3) is 10.2. The van der Waals surface area contributed by atoms with E-state index in [2.05, 4.69) is 27.4 Å². The Bertz CT molecular complexity index is 492. The molecule has 0 saturated heterocycles. The van der Waals surface area contributed by atoms with E-state index in [1.54, 1.807) is 31.1 Å². The van der Waals surface area contributed by atoms with Crippen LogP contribution in [0.3, 0.4) is 0 Å². The number of rotatable bonds is 6. The molecule has 1 aliphatic carbocycles. The van der Waals surface area contributed by atoms with E-state index in [1.165, 1.54) is 12.8 Å². The van der Waals surface area contributed by atoms with Crippen LogP contribution < -0.4 is 10.6 Å². The van der Waals surface area contributed by atoms with Crippen molar-refractivity contribution in [1.82, 2.24) is 20.4 Å². The number of hydrogen-bond donors (Lipinski definition) is 3. The smallest absolute Gasteiger partial charge is 0.248 e. The third-order valence-corrected chi connectivity index (χ3v) is 2.97. The van der Waals surface area contributed by atoms with Crippen LogP contribution in [0.2, 0.25) is 0 Å². The van der Waals surface area contributed by atoms with Crippen molar-refractivity contribution in [2.24, 2.45) is 10.9 Å². The van der Waals surface area contributed by atoms with Crippen molar-refractivity contribution >= 4 is 12.6 Å². The lowest BCUT2D eigenvalue weighted by Gasteiger charge is -2.03. The number of amides is 1. The Morgan fingerprint density at radius 1 is 1.57 bits per heavy atom. The zero-order chi connectivity index (χ0) is 17.7. The number of aryl methyl sites for hydroxylation is 1. The monoisotopic (exact) mass is 323 g/mol. The first kappa shape index (κ1) is 20.9. The number of carbonyl (C=O) groups excluding carboxylic acids is 1. The molecule has 1 aromatic rings. The van der Waals surface area contributed by atoms with Crippen molar-refractivity contribution in [3.63, 3.8) is 0 Å². The molecule has 7 heteroatoms. The van der Waals surface area contributed by atoms with Gasteiger partial charge >= 0.3 is 0 Å². The molecule has 2 rings (SSSR count). The number of carbonyl (C=O) groups is 1. The first-order valence-electron chi connectivity index (χ1n) is 7.55. The standard InChI is InChI=1S/C9H16N2O.C6H9N3.CH4O/c1-7(5-10-2)9(12)11-6-8-3-4-8;1-6-3-8-9(4-6)5-7-2;1-2/h5,8,10H,3-4,6H2,1-2H3,(H,11,12);3-4H,2,5H2,1H3;2H,1H3/b7-5+;;. The van der Waals surface area contributed by atoms with Crippen LogP contribution in [-0.2, 0) is 11.5 Å². The highest BCUT2D eigenvalue weighted by Gasteiger charge is 2.21. The van der Waals surface area contributed by atoms with Crippen molar-refractivity contribution in [3.8, 4) is 0 Å². The number of aromatic nitrogens is 2. The minimum atomic E-state index is 0.0382. The predicted molar refractivity (Wildman–Crippen MR) is 93.2 cm³/mol. The molecular formula is C16H29N5O2. The Kier molecular flexibility index (Phi) is 11.2. The number of aliphatic imine (C=N–C) groups is 1. The molecule has 0 bridgehead atoms. The lowest BCUT2D eigenvalue weighted by Crippen LogP contribution is -2.26. The Balaban J connectivity index is 0.000000392. The molecule has 0 unspecified atom stereocenters. The van der Waals surface area contributed by atoms with Gasteiger partial charge in [0.25, 0.3) is 0 Å². The van der Waals surface area contributed by atoms with Crippen LogP contribution in [0.4, 0.5) is 0 Å². The molecule has 0 spiro atoms. The van der Waals surface area contributed by atoms with Crippen molar-refractivity contribution in [2.45, 2.75) is 33.4 Å². The normalized spacial score (nSPS) is 13.0. The Morgan fingerprint density at radius 2 is 2.22 bits per heavy atom. The highest BCUT2D eigenvalue weighted by Crippen LogP contribution is 2.27. The van der Waals surface area contributed by atoms with Crippen LogP contribution in [0, 0.1) is 12.8 Å². The summed E-state index contributed by atoms with van der Waals surface area (Å²) in [5.74, 6) is 0.785. The quantitative estimate of drug-likeness (QED) is 0.540. The van der Waals surface area contributed by atoms with E-state index < -0.39 is 0 Å². The summed E-state index contributed by atoms with van der Waals surface area (Å²) in [7, 11) is 2.79. The Morgan fingerprint density at radius 3 is 2.65 bits per heavy atom. The second-order valence-corrected chi connectivity index (χ2v) is 5.19. The van der Waals surface area contributed by atoms with Crippen LogP contribution in [0.25, 0.3) is 0 Å². The molecule has 1 aliphatic rings. The fourth-order valence-electron chi connectivity index (χ4n) is 1.63. The molecule has 130 valence electrons. The van der Waals surface area contributed by atoms with Gasteiger partial charge in [0.15, 0.2) is 0 Å². The van der Waals surface area contributed by atoms with E-state index in [-0.39, 0.29) is 5.91 Å². The van der Waals surface area contributed by atoms with Crippen LogP contribution in [-0.4, -0.2) is 48.2 Å². The van der Waals surface area contributed by atoms with E-state index in [4.69, 9.17) is 5.11 Å². The maximum Gasteiger partial charge on any atom is 0.248 e. The van der Waals surface area contributed by atoms with Gasteiger partial charge in [-0.1, -0.05) is 0 Å². The molecular weight excluding hydrogens is 294 g/mol. The summed E-state index contributed by atoms with van der Waals surface area (Å²) in [5.41, 5.74) is 1.89. The lowest BCUT2D eigenvalue weighted by atomic mass is 10.3. The van der Waals surface area contributed by atoms with Gasteiger partial charge in [0, 0.05) is 38.7 Å². The highest BCUT2D eigenvalue weighted by atomic mass is 16.2. The first-order valence-corrected chi connectivity index (χ1v) is 7.55. The second-order valence-electron chi connectivity index (χ2n) is 5.19. The zero-order valence-electron chi connectivity index (χ0n) is 14.5. The summed E-state index contributed by atoms with van der Waals surface area (Å²) in [6.45, 7) is 8.54. The molecule has 1 aromatic heterocycles. The maximum atomic E-state index is 11.2. The minimum Gasteiger partial charge on any atom is -0.400 e. The molecule has 1 heterocycles. The highest BCUT2D eigenvalue weighted by molar-refractivity contribution is 5.92. The number of nitrogens with one attached hydrogen (secondary N) is 2. The fraction of sp³-hybridized carbons (Fsp3) is 0.562. The van der Waals surface area contributed by atoms with Gasteiger partial charge in [0.05, 0.1) is 6.20 Å². The van der Waals surface area contributed by atoms with Crippen molar-refractivity contribution in [3.05, 3.63) is 29.7 Å². The average Bonchev–Trinajstić information content (AvgIpc) is 3.30. The fourth-order valence-corrected chi connectivity index (χ4v) is 1.63. The summed E-state index contributed by atoms with van der Waals surface area (Å²) in [6.07, 6.45) is 7.98. The van der Waals surface area contributed by atoms with E-state index in [1.807, 2.05) is 13.1 Å². The summed E-state index contributed by atoms with van der Waals surface area (Å²) >= 11 is 0. The molecule has 0 radical (unpaired) electrons. The van der Waals surface area contributed by atoms with Gasteiger partial charge in [-0.2, -0.15) is 5.10 Å². The van der Waals surface area contributed by atoms with Gasteiger partial charge in [-0.3, -0.25) is 14.5 Å². The molecule has 0 aromatic carbocycles. The van der Waals surface area contributed by atoms with E-state index >= 15 is 0 Å². The number of aliphatic hydroxyl groups excluding tert-OH is 1. The van der Waals surface area contributed by atoms with Crippen LogP contribution in [0.15, 0.2) is 29.2 Å². The minimum absolute atomic E-state index is 0.0382. The van der Waals surface area contributed by atoms with Crippen molar-refractivity contribution in [1.29, 1.82) is 0 Å². The van der Waals surface area contributed by atoms with Gasteiger partial charge in [0.2, 0.25) is 5.91 Å². The molecule has 23 heavy (non-hydrogen) atoms. The zero-order valence-corrected chi connectivity index (χ0v) is 14.5. The van der Waals surface area contributed by atoms with Crippen LogP contribution in [0.5, 0.6) is 0 Å². The largest absolute Gasteiger partial charge is 0.400 e. The summed E-state index contributed by atoms with van der Waals surface area (Å²) in [6, 6.07) is 0. The molecule has 0 aliphatic heterocycles. The van der Waals surface area contributed by atoms with Gasteiger partial charge in [-0.15, -0.1) is 0 Å². The lowest BCUT2D eigenvalue weighted by molar-refractivity contribution is -0.117. The molecule has 1 fully saturated rings. The predicted octanol–water partition coefficient (Wildman–Crippen LogP) is 1.09. The molecule has 3 N–H and O–H groups in total. The number of hydrogen-bond acceptors (Lipinski definition) is 5. The maximum absolute atomic E-state index is 11.2. The van der Waals surface area contributed by atoms with Gasteiger partial charge in [-0.25, -0.2) is 0 Å². The molecule has 1 amide bonds. The first-order chi connectivity index (χ1) is 11.1. The van der Waals surface area contributed by atoms with Crippen molar-refractivity contribution < 1.29 is 9.90 Å². The van der Waals surface area contributed by atoms with Crippen LogP contribution >= 0.6 is 0 Å². The Labute approximate surface area is 138 Å². The van der Waals surface area contributed by atoms with Gasteiger partial charge < -0.3 is 15.7 Å². The molecule has 7 nitrogen and oxygen atoms in total. The molecule has 0 atom stereocenters. The van der Waals surface area contributed by atoms with Crippen LogP contribution in [0.1, 0.15) is 25.3 Å².